The van der Waals surface area contributed by atoms with Crippen LogP contribution in [0.1, 0.15) is 38.7 Å². The van der Waals surface area contributed by atoms with Gasteiger partial charge in [-0.25, -0.2) is 13.8 Å². The molecule has 2 bridgehead atoms. The highest BCUT2D eigenvalue weighted by Gasteiger charge is 2.67. The number of rotatable bonds is 2. The molecule has 2 aliphatic heterocycles. The van der Waals surface area contributed by atoms with Gasteiger partial charge in [0, 0.05) is 11.5 Å². The lowest BCUT2D eigenvalue weighted by Crippen LogP contribution is -2.63. The summed E-state index contributed by atoms with van der Waals surface area (Å²) in [5, 5.41) is 0. The van der Waals surface area contributed by atoms with Crippen LogP contribution in [-0.2, 0) is 16.6 Å². The van der Waals surface area contributed by atoms with E-state index in [1.54, 1.807) is 0 Å². The van der Waals surface area contributed by atoms with E-state index in [4.69, 9.17) is 9.47 Å². The van der Waals surface area contributed by atoms with Crippen molar-refractivity contribution in [3.63, 3.8) is 0 Å². The molecule has 1 aromatic carbocycles. The lowest BCUT2D eigenvalue weighted by atomic mass is 9.69. The summed E-state index contributed by atoms with van der Waals surface area (Å²) in [6.07, 6.45) is 3.24. The Labute approximate surface area is 148 Å². The van der Waals surface area contributed by atoms with Crippen molar-refractivity contribution in [3.05, 3.63) is 23.8 Å². The zero-order valence-electron chi connectivity index (χ0n) is 14.6. The molecule has 6 nitrogen and oxygen atoms in total. The Kier molecular flexibility index (Phi) is 3.12. The molecule has 0 aromatic heterocycles. The van der Waals surface area contributed by atoms with Gasteiger partial charge in [0.2, 0.25) is 16.8 Å². The van der Waals surface area contributed by atoms with Gasteiger partial charge in [-0.2, -0.15) is 0 Å². The monoisotopic (exact) mass is 364 g/mol. The highest BCUT2D eigenvalue weighted by molar-refractivity contribution is 7.89. The van der Waals surface area contributed by atoms with Crippen LogP contribution in [0.2, 0.25) is 0 Å². The van der Waals surface area contributed by atoms with Crippen LogP contribution in [-0.4, -0.2) is 31.4 Å². The van der Waals surface area contributed by atoms with E-state index in [9.17, 15) is 8.42 Å². The van der Waals surface area contributed by atoms with Crippen LogP contribution in [0, 0.1) is 16.7 Å². The maximum atomic E-state index is 13.0. The molecule has 3 atom stereocenters. The topological polar surface area (TPSA) is 67.9 Å². The Hall–Kier alpha value is -1.31. The molecule has 2 aliphatic carbocycles. The van der Waals surface area contributed by atoms with Crippen LogP contribution in [0.5, 0.6) is 11.5 Å². The fourth-order valence-electron chi connectivity index (χ4n) is 5.61. The number of hydrogen-bond acceptors (Lipinski definition) is 5. The number of benzene rings is 1. The first-order chi connectivity index (χ1) is 11.8. The van der Waals surface area contributed by atoms with Crippen molar-refractivity contribution in [1.82, 2.24) is 9.84 Å². The average Bonchev–Trinajstić information content (AvgIpc) is 3.15. The summed E-state index contributed by atoms with van der Waals surface area (Å²) in [5.41, 5.74) is 4.24. The molecule has 7 heteroatoms. The van der Waals surface area contributed by atoms with Gasteiger partial charge in [-0.15, -0.1) is 4.41 Å². The maximum Gasteiger partial charge on any atom is 0.231 e. The van der Waals surface area contributed by atoms with Crippen LogP contribution < -0.4 is 14.9 Å². The van der Waals surface area contributed by atoms with Crippen molar-refractivity contribution in [2.45, 2.75) is 45.7 Å². The Morgan fingerprint density at radius 2 is 2.08 bits per heavy atom. The fourth-order valence-corrected chi connectivity index (χ4v) is 7.77. The van der Waals surface area contributed by atoms with Gasteiger partial charge in [0.05, 0.1) is 12.3 Å². The minimum Gasteiger partial charge on any atom is -0.454 e. The number of nitrogens with zero attached hydrogens (tertiary/aromatic N) is 1. The van der Waals surface area contributed by atoms with Crippen molar-refractivity contribution in [3.8, 4) is 11.5 Å². The van der Waals surface area contributed by atoms with E-state index < -0.39 is 10.0 Å². The third-order valence-corrected chi connectivity index (χ3v) is 9.05. The molecule has 1 aromatic rings. The SMILES string of the molecule is CC1(C)[C@@H]2CC[C@]13CS(=O)(=O)N(Cc1ccc4c(c1)OCO4)N[C@@H]3C2. The number of sulfonamides is 1. The van der Waals surface area contributed by atoms with Gasteiger partial charge < -0.3 is 9.47 Å². The second-order valence-corrected chi connectivity index (χ2v) is 10.4. The Bertz CT molecular complexity index is 837. The molecule has 2 heterocycles. The number of nitrogens with one attached hydrogen (secondary N) is 1. The molecule has 3 fully saturated rings. The smallest absolute Gasteiger partial charge is 0.231 e. The molecule has 0 amide bonds. The second-order valence-electron chi connectivity index (χ2n) is 8.48. The van der Waals surface area contributed by atoms with Crippen LogP contribution in [0.25, 0.3) is 0 Å². The summed E-state index contributed by atoms with van der Waals surface area (Å²) >= 11 is 0. The Morgan fingerprint density at radius 3 is 2.88 bits per heavy atom. The summed E-state index contributed by atoms with van der Waals surface area (Å²) in [5.74, 6) is 2.27. The zero-order chi connectivity index (χ0) is 17.4. The van der Waals surface area contributed by atoms with E-state index in [1.165, 1.54) is 4.41 Å². The molecule has 0 radical (unpaired) electrons. The number of hydrogen-bond donors (Lipinski definition) is 1. The number of fused-ring (bicyclic) bond motifs is 2. The van der Waals surface area contributed by atoms with Crippen LogP contribution in [0.4, 0.5) is 0 Å². The van der Waals surface area contributed by atoms with E-state index in [-0.39, 0.29) is 29.4 Å². The largest absolute Gasteiger partial charge is 0.454 e. The molecule has 1 spiro atoms. The zero-order valence-corrected chi connectivity index (χ0v) is 15.4. The van der Waals surface area contributed by atoms with Gasteiger partial charge in [-0.05, 0) is 48.3 Å². The van der Waals surface area contributed by atoms with Gasteiger partial charge in [-0.3, -0.25) is 0 Å². The third-order valence-electron chi connectivity index (χ3n) is 7.27. The Morgan fingerprint density at radius 1 is 1.28 bits per heavy atom. The second kappa shape index (κ2) is 4.90. The first-order valence-corrected chi connectivity index (χ1v) is 10.6. The minimum atomic E-state index is -3.35. The number of hydrazine groups is 1. The molecule has 5 rings (SSSR count). The Balaban J connectivity index is 1.43. The molecule has 4 aliphatic rings. The quantitative estimate of drug-likeness (QED) is 0.872. The fraction of sp³-hybridized carbons (Fsp3) is 0.667. The average molecular weight is 364 g/mol. The number of ether oxygens (including phenoxy) is 2. The van der Waals surface area contributed by atoms with Crippen molar-refractivity contribution < 1.29 is 17.9 Å². The molecule has 25 heavy (non-hydrogen) atoms. The van der Waals surface area contributed by atoms with Crippen LogP contribution in [0.3, 0.4) is 0 Å². The van der Waals surface area contributed by atoms with E-state index in [0.717, 1.165) is 24.8 Å². The first-order valence-electron chi connectivity index (χ1n) is 8.97. The molecule has 2 saturated carbocycles. The van der Waals surface area contributed by atoms with Gasteiger partial charge in [0.1, 0.15) is 0 Å². The molecule has 136 valence electrons. The predicted molar refractivity (Wildman–Crippen MR) is 92.4 cm³/mol. The lowest BCUT2D eigenvalue weighted by molar-refractivity contribution is 0.0730. The standard InChI is InChI=1S/C18H24N2O4S/c1-17(2)13-5-6-18(17)10-25(21,22)20(19-16(18)8-13)9-12-3-4-14-15(7-12)24-11-23-14/h3-4,7,13,16,19H,5-6,8-11H2,1-2H3/t13-,16-,18-/m1/s1. The van der Waals surface area contributed by atoms with Gasteiger partial charge in [-0.1, -0.05) is 19.9 Å². The van der Waals surface area contributed by atoms with Gasteiger partial charge in [0.25, 0.3) is 0 Å². The lowest BCUT2D eigenvalue weighted by Gasteiger charge is -2.48. The van der Waals surface area contributed by atoms with Crippen LogP contribution in [0.15, 0.2) is 18.2 Å². The third kappa shape index (κ3) is 2.06. The van der Waals surface area contributed by atoms with E-state index in [1.807, 2.05) is 18.2 Å². The minimum absolute atomic E-state index is 0.0859. The first kappa shape index (κ1) is 15.9. The van der Waals surface area contributed by atoms with E-state index in [2.05, 4.69) is 19.3 Å². The molecule has 1 N–H and O–H groups in total. The van der Waals surface area contributed by atoms with Crippen molar-refractivity contribution in [2.24, 2.45) is 16.7 Å². The van der Waals surface area contributed by atoms with Gasteiger partial charge in [0.15, 0.2) is 11.5 Å². The van der Waals surface area contributed by atoms with Crippen molar-refractivity contribution in [1.29, 1.82) is 0 Å². The van der Waals surface area contributed by atoms with Crippen LogP contribution >= 0.6 is 0 Å². The van der Waals surface area contributed by atoms with E-state index in [0.29, 0.717) is 24.0 Å². The van der Waals surface area contributed by atoms with E-state index >= 15 is 0 Å². The summed E-state index contributed by atoms with van der Waals surface area (Å²) in [4.78, 5) is 0. The maximum absolute atomic E-state index is 13.0. The molecule has 1 saturated heterocycles. The van der Waals surface area contributed by atoms with Crippen molar-refractivity contribution >= 4 is 10.0 Å². The predicted octanol–water partition coefficient (Wildman–Crippen LogP) is 2.26. The summed E-state index contributed by atoms with van der Waals surface area (Å²) in [6.45, 7) is 5.06. The summed E-state index contributed by atoms with van der Waals surface area (Å²) in [6, 6.07) is 5.86. The normalized spacial score (nSPS) is 37.2. The molecular formula is C18H24N2O4S. The van der Waals surface area contributed by atoms with Gasteiger partial charge >= 0.3 is 0 Å². The highest BCUT2D eigenvalue weighted by atomic mass is 32.2. The summed E-state index contributed by atoms with van der Waals surface area (Å²) < 4.78 is 38.3. The molecule has 0 unspecified atom stereocenters. The van der Waals surface area contributed by atoms with Crippen molar-refractivity contribution in [2.75, 3.05) is 12.5 Å². The summed E-state index contributed by atoms with van der Waals surface area (Å²) in [7, 11) is -3.35. The molecular weight excluding hydrogens is 340 g/mol. The highest BCUT2D eigenvalue weighted by Crippen LogP contribution is 2.67.